The number of alkyl halides is 1. The van der Waals surface area contributed by atoms with Gasteiger partial charge in [0.05, 0.1) is 0 Å². The summed E-state index contributed by atoms with van der Waals surface area (Å²) in [6.07, 6.45) is 0. The number of nitrogens with one attached hydrogen (secondary N) is 1. The van der Waals surface area contributed by atoms with Crippen molar-refractivity contribution < 1.29 is 21.6 Å². The van der Waals surface area contributed by atoms with Gasteiger partial charge in [0.1, 0.15) is 17.5 Å². The van der Waals surface area contributed by atoms with Gasteiger partial charge in [-0.15, -0.1) is 0 Å². The van der Waals surface area contributed by atoms with Gasteiger partial charge in [0, 0.05) is 23.5 Å². The molecule has 0 aromatic heterocycles. The molecule has 0 aliphatic carbocycles. The van der Waals surface area contributed by atoms with Crippen molar-refractivity contribution in [3.05, 3.63) is 29.6 Å². The minimum Gasteiger partial charge on any atom is -0.210 e. The van der Waals surface area contributed by atoms with Crippen molar-refractivity contribution in [2.45, 2.75) is 16.6 Å². The van der Waals surface area contributed by atoms with Crippen molar-refractivity contribution in [3.63, 3.8) is 0 Å². The molecule has 1 atom stereocenters. The Morgan fingerprint density at radius 1 is 1.29 bits per heavy atom. The van der Waals surface area contributed by atoms with E-state index >= 15 is 0 Å². The first-order valence-corrected chi connectivity index (χ1v) is 6.92. The summed E-state index contributed by atoms with van der Waals surface area (Å²) in [5, 5.41) is 0. The van der Waals surface area contributed by atoms with Crippen molar-refractivity contribution in [1.82, 2.24) is 4.72 Å². The minimum atomic E-state index is -4.33. The molecular formula is C9H9BrF3NO2S. The van der Waals surface area contributed by atoms with Crippen LogP contribution in [0.5, 0.6) is 0 Å². The molecule has 0 fully saturated rings. The van der Waals surface area contributed by atoms with Gasteiger partial charge in [-0.2, -0.15) is 0 Å². The van der Waals surface area contributed by atoms with Crippen molar-refractivity contribution in [2.75, 3.05) is 6.54 Å². The van der Waals surface area contributed by atoms with Crippen LogP contribution in [0.3, 0.4) is 0 Å². The van der Waals surface area contributed by atoms with Gasteiger partial charge in [0.2, 0.25) is 10.0 Å². The summed E-state index contributed by atoms with van der Waals surface area (Å²) < 4.78 is 64.2. The Balaban J connectivity index is 3.16. The number of benzene rings is 1. The van der Waals surface area contributed by atoms with Crippen LogP contribution in [-0.2, 0) is 10.0 Å². The first kappa shape index (κ1) is 14.5. The SMILES string of the molecule is CC(Br)CNS(=O)(=O)c1c(F)cc(F)cc1F. The van der Waals surface area contributed by atoms with Gasteiger partial charge >= 0.3 is 0 Å². The van der Waals surface area contributed by atoms with E-state index in [1.807, 2.05) is 4.72 Å². The molecule has 1 unspecified atom stereocenters. The Morgan fingerprint density at radius 2 is 1.76 bits per heavy atom. The van der Waals surface area contributed by atoms with Crippen LogP contribution < -0.4 is 4.72 Å². The number of halogens is 4. The van der Waals surface area contributed by atoms with Gasteiger partial charge in [0.15, 0.2) is 4.90 Å². The number of hydrogen-bond acceptors (Lipinski definition) is 2. The molecule has 1 rings (SSSR count). The van der Waals surface area contributed by atoms with E-state index in [0.29, 0.717) is 12.1 Å². The zero-order valence-electron chi connectivity index (χ0n) is 8.68. The molecule has 0 spiro atoms. The largest absolute Gasteiger partial charge is 0.246 e. The van der Waals surface area contributed by atoms with Crippen LogP contribution in [0.4, 0.5) is 13.2 Å². The van der Waals surface area contributed by atoms with Gasteiger partial charge in [-0.3, -0.25) is 0 Å². The summed E-state index contributed by atoms with van der Waals surface area (Å²) in [5.74, 6) is -4.10. The van der Waals surface area contributed by atoms with Gasteiger partial charge in [0.25, 0.3) is 0 Å². The minimum absolute atomic E-state index is 0.0431. The average Bonchev–Trinajstić information content (AvgIpc) is 2.12. The molecule has 17 heavy (non-hydrogen) atoms. The maximum absolute atomic E-state index is 13.2. The standard InChI is InChI=1S/C9H9BrF3NO2S/c1-5(10)4-14-17(15,16)9-7(12)2-6(11)3-8(9)13/h2-3,5,14H,4H2,1H3. The Bertz CT molecular complexity index is 496. The zero-order valence-corrected chi connectivity index (χ0v) is 11.1. The Kier molecular flexibility index (Phi) is 4.56. The summed E-state index contributed by atoms with van der Waals surface area (Å²) in [6, 6.07) is 0.629. The molecule has 0 saturated heterocycles. The molecule has 0 aliphatic rings. The second-order valence-electron chi connectivity index (χ2n) is 3.33. The van der Waals surface area contributed by atoms with Crippen LogP contribution >= 0.6 is 15.9 Å². The summed E-state index contributed by atoms with van der Waals surface area (Å²) in [6.45, 7) is 1.61. The highest BCUT2D eigenvalue weighted by molar-refractivity contribution is 9.09. The molecule has 0 amide bonds. The number of sulfonamides is 1. The third-order valence-corrected chi connectivity index (χ3v) is 3.58. The Labute approximate surface area is 105 Å². The summed E-state index contributed by atoms with van der Waals surface area (Å²) in [4.78, 5) is -1.38. The van der Waals surface area contributed by atoms with E-state index in [4.69, 9.17) is 0 Å². The topological polar surface area (TPSA) is 46.2 Å². The molecule has 96 valence electrons. The molecule has 1 aromatic carbocycles. The highest BCUT2D eigenvalue weighted by Gasteiger charge is 2.25. The fraction of sp³-hybridized carbons (Fsp3) is 0.333. The fourth-order valence-corrected chi connectivity index (χ4v) is 2.70. The quantitative estimate of drug-likeness (QED) is 0.859. The van der Waals surface area contributed by atoms with E-state index in [-0.39, 0.29) is 11.4 Å². The van der Waals surface area contributed by atoms with Crippen molar-refractivity contribution in [3.8, 4) is 0 Å². The predicted molar refractivity (Wildman–Crippen MR) is 59.9 cm³/mol. The van der Waals surface area contributed by atoms with E-state index in [1.165, 1.54) is 0 Å². The van der Waals surface area contributed by atoms with Crippen LogP contribution in [0, 0.1) is 17.5 Å². The molecule has 1 aromatic rings. The Morgan fingerprint density at radius 3 is 2.18 bits per heavy atom. The van der Waals surface area contributed by atoms with Crippen LogP contribution in [0.1, 0.15) is 6.92 Å². The first-order valence-electron chi connectivity index (χ1n) is 4.52. The Hall–Kier alpha value is -0.600. The third kappa shape index (κ3) is 3.68. The lowest BCUT2D eigenvalue weighted by Crippen LogP contribution is -2.30. The van der Waals surface area contributed by atoms with Crippen LogP contribution in [0.2, 0.25) is 0 Å². The molecule has 0 saturated carbocycles. The molecule has 0 radical (unpaired) electrons. The molecule has 0 bridgehead atoms. The van der Waals surface area contributed by atoms with Gasteiger partial charge < -0.3 is 0 Å². The number of hydrogen-bond donors (Lipinski definition) is 1. The second-order valence-corrected chi connectivity index (χ2v) is 6.60. The molecule has 1 N–H and O–H groups in total. The van der Waals surface area contributed by atoms with Crippen LogP contribution in [0.15, 0.2) is 17.0 Å². The zero-order chi connectivity index (χ0) is 13.2. The lowest BCUT2D eigenvalue weighted by molar-refractivity contribution is 0.494. The first-order chi connectivity index (χ1) is 7.74. The van der Waals surface area contributed by atoms with Crippen LogP contribution in [-0.4, -0.2) is 19.8 Å². The van der Waals surface area contributed by atoms with E-state index < -0.39 is 32.4 Å². The highest BCUT2D eigenvalue weighted by Crippen LogP contribution is 2.19. The molecule has 3 nitrogen and oxygen atoms in total. The summed E-state index contributed by atoms with van der Waals surface area (Å²) in [5.41, 5.74) is 0. The molecule has 0 aliphatic heterocycles. The summed E-state index contributed by atoms with van der Waals surface area (Å²) in [7, 11) is -4.33. The molecule has 8 heteroatoms. The van der Waals surface area contributed by atoms with Crippen LogP contribution in [0.25, 0.3) is 0 Å². The van der Waals surface area contributed by atoms with E-state index in [0.717, 1.165) is 0 Å². The maximum Gasteiger partial charge on any atom is 0.246 e. The monoisotopic (exact) mass is 331 g/mol. The van der Waals surface area contributed by atoms with Crippen molar-refractivity contribution >= 4 is 26.0 Å². The highest BCUT2D eigenvalue weighted by atomic mass is 79.9. The lowest BCUT2D eigenvalue weighted by atomic mass is 10.3. The average molecular weight is 332 g/mol. The lowest BCUT2D eigenvalue weighted by Gasteiger charge is -2.09. The molecular weight excluding hydrogens is 323 g/mol. The number of rotatable bonds is 4. The second kappa shape index (κ2) is 5.36. The van der Waals surface area contributed by atoms with Gasteiger partial charge in [-0.25, -0.2) is 26.3 Å². The predicted octanol–water partition coefficient (Wildman–Crippen LogP) is 2.17. The van der Waals surface area contributed by atoms with E-state index in [1.54, 1.807) is 6.92 Å². The maximum atomic E-state index is 13.2. The third-order valence-electron chi connectivity index (χ3n) is 1.79. The van der Waals surface area contributed by atoms with Crippen molar-refractivity contribution in [2.24, 2.45) is 0 Å². The summed E-state index contributed by atoms with van der Waals surface area (Å²) >= 11 is 3.07. The normalized spacial score (nSPS) is 13.7. The van der Waals surface area contributed by atoms with Gasteiger partial charge in [-0.05, 0) is 0 Å². The van der Waals surface area contributed by atoms with E-state index in [2.05, 4.69) is 15.9 Å². The smallest absolute Gasteiger partial charge is 0.210 e. The molecule has 0 heterocycles. The van der Waals surface area contributed by atoms with E-state index in [9.17, 15) is 21.6 Å². The van der Waals surface area contributed by atoms with Gasteiger partial charge in [-0.1, -0.05) is 22.9 Å². The van der Waals surface area contributed by atoms with Crippen molar-refractivity contribution in [1.29, 1.82) is 0 Å². The fourth-order valence-electron chi connectivity index (χ4n) is 1.08.